The number of primary amides is 1. The third-order valence-electron chi connectivity index (χ3n) is 3.60. The molecule has 0 aliphatic rings. The number of carbonyl (C=O) groups excluding carboxylic acids is 1. The summed E-state index contributed by atoms with van der Waals surface area (Å²) in [5, 5.41) is 2.44. The van der Waals surface area contributed by atoms with Crippen molar-refractivity contribution >= 4 is 51.6 Å². The first-order valence-corrected chi connectivity index (χ1v) is 7.59. The summed E-state index contributed by atoms with van der Waals surface area (Å²) in [4.78, 5) is 14.6. The summed E-state index contributed by atoms with van der Waals surface area (Å²) in [6.45, 7) is 1.82. The molecule has 3 aromatic rings. The Morgan fingerprint density at radius 3 is 2.41 bits per heavy atom. The number of fused-ring (bicyclic) bond motifs is 1. The van der Waals surface area contributed by atoms with Crippen LogP contribution in [-0.4, -0.2) is 10.9 Å². The van der Waals surface area contributed by atoms with Crippen LogP contribution in [0, 0.1) is 6.92 Å². The minimum atomic E-state index is -0.516. The van der Waals surface area contributed by atoms with E-state index in [0.717, 1.165) is 27.6 Å². The number of nitrogens with two attached hydrogens (primary N) is 1. The second-order valence-electron chi connectivity index (χ2n) is 4.99. The Morgan fingerprint density at radius 2 is 1.77 bits per heavy atom. The van der Waals surface area contributed by atoms with Crippen molar-refractivity contribution < 1.29 is 4.79 Å². The predicted octanol–water partition coefficient (Wildman–Crippen LogP) is 5.20. The Bertz CT molecular complexity index is 915. The fraction of sp³-hybridized carbons (Fsp3) is 0.0625. The highest BCUT2D eigenvalue weighted by molar-refractivity contribution is 6.37. The molecule has 0 spiro atoms. The monoisotopic (exact) mass is 352 g/mol. The molecule has 3 nitrogen and oxygen atoms in total. The maximum absolute atomic E-state index is 11.6. The molecule has 3 N–H and O–H groups in total. The van der Waals surface area contributed by atoms with Crippen LogP contribution < -0.4 is 5.73 Å². The van der Waals surface area contributed by atoms with Crippen LogP contribution in [0.15, 0.2) is 30.3 Å². The molecule has 1 heterocycles. The van der Waals surface area contributed by atoms with Gasteiger partial charge in [-0.15, -0.1) is 0 Å². The first-order valence-electron chi connectivity index (χ1n) is 6.45. The van der Waals surface area contributed by atoms with Crippen molar-refractivity contribution in [2.45, 2.75) is 6.92 Å². The molecule has 6 heteroatoms. The van der Waals surface area contributed by atoms with Crippen molar-refractivity contribution in [3.63, 3.8) is 0 Å². The van der Waals surface area contributed by atoms with Crippen LogP contribution in [0.4, 0.5) is 0 Å². The molecular weight excluding hydrogens is 343 g/mol. The topological polar surface area (TPSA) is 58.9 Å². The van der Waals surface area contributed by atoms with E-state index in [1.165, 1.54) is 0 Å². The maximum atomic E-state index is 11.6. The van der Waals surface area contributed by atoms with Gasteiger partial charge in [-0.1, -0.05) is 40.9 Å². The first-order chi connectivity index (χ1) is 10.4. The molecule has 112 valence electrons. The van der Waals surface area contributed by atoms with Gasteiger partial charge in [0.05, 0.1) is 5.52 Å². The van der Waals surface area contributed by atoms with Gasteiger partial charge in [0.25, 0.3) is 5.91 Å². The van der Waals surface area contributed by atoms with Gasteiger partial charge in [-0.25, -0.2) is 0 Å². The van der Waals surface area contributed by atoms with Gasteiger partial charge in [0.1, 0.15) is 5.69 Å². The molecule has 2 aromatic carbocycles. The van der Waals surface area contributed by atoms with Crippen molar-refractivity contribution in [2.24, 2.45) is 5.73 Å². The highest BCUT2D eigenvalue weighted by Crippen LogP contribution is 2.38. The third-order valence-corrected chi connectivity index (χ3v) is 4.37. The van der Waals surface area contributed by atoms with E-state index in [4.69, 9.17) is 40.5 Å². The van der Waals surface area contributed by atoms with Crippen LogP contribution in [0.5, 0.6) is 0 Å². The smallest absolute Gasteiger partial charge is 0.265 e. The average Bonchev–Trinajstić information content (AvgIpc) is 2.76. The van der Waals surface area contributed by atoms with Crippen molar-refractivity contribution in [3.8, 4) is 11.1 Å². The summed E-state index contributed by atoms with van der Waals surface area (Å²) < 4.78 is 0. The third kappa shape index (κ3) is 2.45. The lowest BCUT2D eigenvalue weighted by molar-refractivity contribution is 0.0996. The lowest BCUT2D eigenvalue weighted by atomic mass is 10.0. The number of halogens is 3. The number of hydrogen-bond acceptors (Lipinski definition) is 1. The second kappa shape index (κ2) is 5.51. The molecule has 0 fully saturated rings. The Balaban J connectivity index is 2.38. The maximum Gasteiger partial charge on any atom is 0.265 e. The number of benzene rings is 2. The summed E-state index contributed by atoms with van der Waals surface area (Å²) in [7, 11) is 0. The predicted molar refractivity (Wildman–Crippen MR) is 92.0 cm³/mol. The van der Waals surface area contributed by atoms with Gasteiger partial charge in [-0.2, -0.15) is 0 Å². The summed E-state index contributed by atoms with van der Waals surface area (Å²) in [5.41, 5.74) is 8.86. The fourth-order valence-electron chi connectivity index (χ4n) is 2.56. The fourth-order valence-corrected chi connectivity index (χ4v) is 3.29. The zero-order valence-electron chi connectivity index (χ0n) is 11.5. The Kier molecular flexibility index (Phi) is 3.81. The van der Waals surface area contributed by atoms with Crippen molar-refractivity contribution in [1.82, 2.24) is 4.98 Å². The molecule has 1 aromatic heterocycles. The Labute approximate surface area is 142 Å². The van der Waals surface area contributed by atoms with Crippen LogP contribution in [0.1, 0.15) is 16.1 Å². The lowest BCUT2D eigenvalue weighted by Gasteiger charge is -2.08. The molecule has 0 atom stereocenters. The molecule has 0 saturated carbocycles. The number of rotatable bonds is 2. The Morgan fingerprint density at radius 1 is 1.05 bits per heavy atom. The SMILES string of the molecule is Cc1c(C(N)=O)[nH]c2c(-c3ccc(Cl)cc3Cl)cc(Cl)cc12. The number of carbonyl (C=O) groups is 1. The molecule has 0 saturated heterocycles. The first kappa shape index (κ1) is 15.2. The summed E-state index contributed by atoms with van der Waals surface area (Å²) in [6, 6.07) is 8.81. The van der Waals surface area contributed by atoms with Gasteiger partial charge in [0.2, 0.25) is 0 Å². The minimum absolute atomic E-state index is 0.364. The number of aromatic nitrogens is 1. The standard InChI is InChI=1S/C16H11Cl3N2O/c1-7-11-4-9(18)5-12(15(11)21-14(7)16(20)22)10-3-2-8(17)6-13(10)19/h2-6,21H,1H3,(H2,20,22). The van der Waals surface area contributed by atoms with Gasteiger partial charge < -0.3 is 10.7 Å². The zero-order valence-corrected chi connectivity index (χ0v) is 13.8. The van der Waals surface area contributed by atoms with Crippen molar-refractivity contribution in [3.05, 3.63) is 56.7 Å². The van der Waals surface area contributed by atoms with Crippen molar-refractivity contribution in [2.75, 3.05) is 0 Å². The number of aromatic amines is 1. The van der Waals surface area contributed by atoms with E-state index in [9.17, 15) is 4.79 Å². The van der Waals surface area contributed by atoms with E-state index in [1.807, 2.05) is 13.0 Å². The highest BCUT2D eigenvalue weighted by atomic mass is 35.5. The van der Waals surface area contributed by atoms with E-state index in [0.29, 0.717) is 20.8 Å². The molecule has 1 amide bonds. The van der Waals surface area contributed by atoms with Crippen LogP contribution in [0.25, 0.3) is 22.0 Å². The van der Waals surface area contributed by atoms with Gasteiger partial charge in [0.15, 0.2) is 0 Å². The van der Waals surface area contributed by atoms with Gasteiger partial charge in [-0.3, -0.25) is 4.79 Å². The molecule has 0 unspecified atom stereocenters. The van der Waals surface area contributed by atoms with Gasteiger partial charge in [0, 0.05) is 31.6 Å². The van der Waals surface area contributed by atoms with E-state index < -0.39 is 5.91 Å². The number of hydrogen-bond donors (Lipinski definition) is 2. The molecule has 0 aliphatic heterocycles. The van der Waals surface area contributed by atoms with E-state index in [2.05, 4.69) is 4.98 Å². The molecule has 0 radical (unpaired) electrons. The van der Waals surface area contributed by atoms with Gasteiger partial charge >= 0.3 is 0 Å². The number of aryl methyl sites for hydroxylation is 1. The quantitative estimate of drug-likeness (QED) is 0.653. The summed E-state index contributed by atoms with van der Waals surface area (Å²) >= 11 is 18.5. The number of H-pyrrole nitrogens is 1. The summed E-state index contributed by atoms with van der Waals surface area (Å²) in [6.07, 6.45) is 0. The van der Waals surface area contributed by atoms with Crippen molar-refractivity contribution in [1.29, 1.82) is 0 Å². The molecule has 22 heavy (non-hydrogen) atoms. The minimum Gasteiger partial charge on any atom is -0.364 e. The molecular formula is C16H11Cl3N2O. The van der Waals surface area contributed by atoms with Crippen LogP contribution >= 0.6 is 34.8 Å². The van der Waals surface area contributed by atoms with E-state index >= 15 is 0 Å². The van der Waals surface area contributed by atoms with E-state index in [-0.39, 0.29) is 0 Å². The normalized spacial score (nSPS) is 11.1. The number of amides is 1. The lowest BCUT2D eigenvalue weighted by Crippen LogP contribution is -2.12. The number of nitrogens with one attached hydrogen (secondary N) is 1. The average molecular weight is 354 g/mol. The Hall–Kier alpha value is -1.68. The second-order valence-corrected chi connectivity index (χ2v) is 6.27. The highest BCUT2D eigenvalue weighted by Gasteiger charge is 2.17. The van der Waals surface area contributed by atoms with Crippen LogP contribution in [-0.2, 0) is 0 Å². The van der Waals surface area contributed by atoms with Gasteiger partial charge in [-0.05, 0) is 36.8 Å². The molecule has 0 bridgehead atoms. The molecule has 0 aliphatic carbocycles. The zero-order chi connectivity index (χ0) is 16.0. The van der Waals surface area contributed by atoms with Crippen LogP contribution in [0.3, 0.4) is 0 Å². The largest absolute Gasteiger partial charge is 0.364 e. The van der Waals surface area contributed by atoms with Crippen LogP contribution in [0.2, 0.25) is 15.1 Å². The van der Waals surface area contributed by atoms with E-state index in [1.54, 1.807) is 24.3 Å². The molecule has 3 rings (SSSR count). The summed E-state index contributed by atoms with van der Waals surface area (Å²) in [5.74, 6) is -0.516.